The van der Waals surface area contributed by atoms with Crippen molar-refractivity contribution in [2.45, 2.75) is 20.0 Å². The zero-order chi connectivity index (χ0) is 23.6. The van der Waals surface area contributed by atoms with E-state index in [9.17, 15) is 22.8 Å². The molecule has 1 aromatic heterocycles. The van der Waals surface area contributed by atoms with E-state index in [4.69, 9.17) is 25.5 Å². The number of carbonyl (C=O) groups is 1. The van der Waals surface area contributed by atoms with E-state index in [0.29, 0.717) is 16.1 Å². The molecule has 3 aromatic rings. The third-order valence-electron chi connectivity index (χ3n) is 4.23. The van der Waals surface area contributed by atoms with Gasteiger partial charge in [-0.1, -0.05) is 24.3 Å². The van der Waals surface area contributed by atoms with Gasteiger partial charge in [-0.25, -0.2) is 4.79 Å². The summed E-state index contributed by atoms with van der Waals surface area (Å²) in [7, 11) is 0. The molecule has 10 heteroatoms. The van der Waals surface area contributed by atoms with E-state index in [-0.39, 0.29) is 23.5 Å². The van der Waals surface area contributed by atoms with Gasteiger partial charge >= 0.3 is 12.3 Å². The normalized spacial score (nSPS) is 11.3. The minimum atomic E-state index is -5.04. The fourth-order valence-electron chi connectivity index (χ4n) is 2.83. The van der Waals surface area contributed by atoms with Crippen LogP contribution in [0, 0.1) is 13.8 Å². The third kappa shape index (κ3) is 4.88. The molecule has 3 rings (SSSR count). The van der Waals surface area contributed by atoms with E-state index in [2.05, 4.69) is 11.3 Å². The molecule has 168 valence electrons. The quantitative estimate of drug-likeness (QED) is 0.239. The zero-order valence-electron chi connectivity index (χ0n) is 16.8. The summed E-state index contributed by atoms with van der Waals surface area (Å²) in [4.78, 5) is 24.4. The Morgan fingerprint density at radius 3 is 2.41 bits per heavy atom. The number of halogens is 4. The second-order valence-corrected chi connectivity index (χ2v) is 7.05. The molecule has 0 aliphatic carbocycles. The predicted octanol–water partition coefficient (Wildman–Crippen LogP) is 6.58. The molecule has 32 heavy (non-hydrogen) atoms. The maximum absolute atomic E-state index is 13.7. The van der Waals surface area contributed by atoms with E-state index < -0.39 is 34.9 Å². The first-order valence-corrected chi connectivity index (χ1v) is 9.47. The molecule has 2 aromatic carbocycles. The first kappa shape index (κ1) is 23.2. The van der Waals surface area contributed by atoms with Crippen LogP contribution < -0.4 is 14.9 Å². The number of hydrogen-bond acceptors (Lipinski definition) is 6. The molecule has 0 N–H and O–H groups in total. The van der Waals surface area contributed by atoms with Gasteiger partial charge in [-0.15, -0.1) is 0 Å². The maximum atomic E-state index is 13.7. The van der Waals surface area contributed by atoms with Crippen molar-refractivity contribution < 1.29 is 36.6 Å². The number of rotatable bonds is 5. The molecule has 0 spiro atoms. The van der Waals surface area contributed by atoms with Crippen molar-refractivity contribution in [1.29, 1.82) is 0 Å². The Hall–Kier alpha value is -3.46. The van der Waals surface area contributed by atoms with E-state index in [1.165, 1.54) is 24.3 Å². The Kier molecular flexibility index (Phi) is 6.50. The van der Waals surface area contributed by atoms with Crippen LogP contribution in [0.15, 0.2) is 52.2 Å². The van der Waals surface area contributed by atoms with Crippen LogP contribution in [-0.2, 0) is 10.9 Å². The lowest BCUT2D eigenvalue weighted by molar-refractivity contribution is -0.154. The highest BCUT2D eigenvalue weighted by Gasteiger charge is 2.40. The van der Waals surface area contributed by atoms with Gasteiger partial charge in [0.05, 0.1) is 5.39 Å². The monoisotopic (exact) mass is 468 g/mol. The minimum Gasteiger partial charge on any atom is -0.449 e. The number of ether oxygens (including phenoxy) is 3. The second-order valence-electron chi connectivity index (χ2n) is 6.67. The van der Waals surface area contributed by atoms with Crippen molar-refractivity contribution in [1.82, 2.24) is 0 Å². The third-order valence-corrected chi connectivity index (χ3v) is 4.83. The molecule has 0 saturated carbocycles. The van der Waals surface area contributed by atoms with Crippen LogP contribution in [0.4, 0.5) is 18.0 Å². The number of benzene rings is 2. The fourth-order valence-corrected chi connectivity index (χ4v) is 2.94. The molecule has 1 heterocycles. The largest absolute Gasteiger partial charge is 0.514 e. The van der Waals surface area contributed by atoms with Crippen LogP contribution in [0.3, 0.4) is 0 Å². The summed E-state index contributed by atoms with van der Waals surface area (Å²) in [5.74, 6) is -2.84. The standard InChI is InChI=1S/C22H16ClF3O6/c1-4-7-29-21(28)31-13-5-6-15-16(10-13)32-20(22(24,25)26)19(18(15)27)30-14-8-11(2)17(23)12(3)9-14/h4-6,8-10H,1,7H2,2-3H3. The van der Waals surface area contributed by atoms with Gasteiger partial charge in [-0.05, 0) is 49.2 Å². The molecule has 0 unspecified atom stereocenters. The smallest absolute Gasteiger partial charge is 0.449 e. The van der Waals surface area contributed by atoms with Crippen molar-refractivity contribution in [2.24, 2.45) is 0 Å². The van der Waals surface area contributed by atoms with E-state index in [0.717, 1.165) is 12.1 Å². The van der Waals surface area contributed by atoms with Crippen LogP contribution in [0.2, 0.25) is 5.02 Å². The Morgan fingerprint density at radius 2 is 1.81 bits per heavy atom. The zero-order valence-corrected chi connectivity index (χ0v) is 17.6. The molecule has 0 aliphatic rings. The van der Waals surface area contributed by atoms with E-state index >= 15 is 0 Å². The average Bonchev–Trinajstić information content (AvgIpc) is 2.71. The summed E-state index contributed by atoms with van der Waals surface area (Å²) in [6, 6.07) is 6.15. The highest BCUT2D eigenvalue weighted by atomic mass is 35.5. The fraction of sp³-hybridized carbons (Fsp3) is 0.182. The molecular formula is C22H16ClF3O6. The van der Waals surface area contributed by atoms with Gasteiger partial charge in [0.2, 0.25) is 11.2 Å². The number of fused-ring (bicyclic) bond motifs is 1. The van der Waals surface area contributed by atoms with E-state index in [1.807, 2.05) is 0 Å². The molecule has 0 bridgehead atoms. The van der Waals surface area contributed by atoms with E-state index in [1.54, 1.807) is 13.8 Å². The SMILES string of the molecule is C=CCOC(=O)Oc1ccc2c(=O)c(Oc3cc(C)c(Cl)c(C)c3)c(C(F)(F)F)oc2c1. The Balaban J connectivity index is 2.10. The van der Waals surface area contributed by atoms with Crippen LogP contribution in [-0.4, -0.2) is 12.8 Å². The van der Waals surface area contributed by atoms with Crippen LogP contribution >= 0.6 is 11.6 Å². The molecule has 6 nitrogen and oxygen atoms in total. The minimum absolute atomic E-state index is 0.00790. The summed E-state index contributed by atoms with van der Waals surface area (Å²) in [5, 5.41) is 0.223. The molecule has 0 amide bonds. The predicted molar refractivity (Wildman–Crippen MR) is 111 cm³/mol. The number of hydrogen-bond donors (Lipinski definition) is 0. The Bertz CT molecular complexity index is 1240. The summed E-state index contributed by atoms with van der Waals surface area (Å²) < 4.78 is 60.9. The molecule has 0 radical (unpaired) electrons. The number of aryl methyl sites for hydroxylation is 2. The van der Waals surface area contributed by atoms with Gasteiger partial charge < -0.3 is 18.6 Å². The van der Waals surface area contributed by atoms with Gasteiger partial charge in [0.15, 0.2) is 0 Å². The average molecular weight is 469 g/mol. The van der Waals surface area contributed by atoms with Crippen molar-refractivity contribution in [3.05, 3.63) is 75.1 Å². The molecule has 0 saturated heterocycles. The van der Waals surface area contributed by atoms with Crippen molar-refractivity contribution >= 4 is 28.7 Å². The van der Waals surface area contributed by atoms with Crippen molar-refractivity contribution in [3.63, 3.8) is 0 Å². The molecule has 0 atom stereocenters. The lowest BCUT2D eigenvalue weighted by atomic mass is 10.1. The highest BCUT2D eigenvalue weighted by molar-refractivity contribution is 6.32. The number of carbonyl (C=O) groups excluding carboxylic acids is 1. The van der Waals surface area contributed by atoms with Crippen molar-refractivity contribution in [2.75, 3.05) is 6.61 Å². The first-order chi connectivity index (χ1) is 15.0. The van der Waals surface area contributed by atoms with Crippen LogP contribution in [0.5, 0.6) is 17.2 Å². The van der Waals surface area contributed by atoms with Gasteiger partial charge in [0.25, 0.3) is 5.76 Å². The Labute approximate surface area is 184 Å². The maximum Gasteiger partial charge on any atom is 0.514 e. The topological polar surface area (TPSA) is 75.0 Å². The molecule has 0 aliphatic heterocycles. The Morgan fingerprint density at radius 1 is 1.16 bits per heavy atom. The summed E-state index contributed by atoms with van der Waals surface area (Å²) in [5.41, 5.74) is -0.382. The first-order valence-electron chi connectivity index (χ1n) is 9.09. The molecular weight excluding hydrogens is 453 g/mol. The van der Waals surface area contributed by atoms with Crippen LogP contribution in [0.1, 0.15) is 16.9 Å². The second kappa shape index (κ2) is 8.96. The summed E-state index contributed by atoms with van der Waals surface area (Å²) >= 11 is 6.08. The molecule has 0 fully saturated rings. The summed E-state index contributed by atoms with van der Waals surface area (Å²) in [6.07, 6.45) is -4.84. The highest BCUT2D eigenvalue weighted by Crippen LogP contribution is 2.39. The number of alkyl halides is 3. The van der Waals surface area contributed by atoms with Crippen LogP contribution in [0.25, 0.3) is 11.0 Å². The summed E-state index contributed by atoms with van der Waals surface area (Å²) in [6.45, 7) is 6.55. The van der Waals surface area contributed by atoms with Gasteiger partial charge in [-0.3, -0.25) is 4.79 Å². The van der Waals surface area contributed by atoms with Gasteiger partial charge in [-0.2, -0.15) is 13.2 Å². The van der Waals surface area contributed by atoms with Crippen molar-refractivity contribution in [3.8, 4) is 17.2 Å². The lowest BCUT2D eigenvalue weighted by Crippen LogP contribution is -2.16. The van der Waals surface area contributed by atoms with Gasteiger partial charge in [0, 0.05) is 11.1 Å². The van der Waals surface area contributed by atoms with Gasteiger partial charge in [0.1, 0.15) is 23.7 Å². The lowest BCUT2D eigenvalue weighted by Gasteiger charge is -2.14.